The van der Waals surface area contributed by atoms with E-state index in [1.165, 1.54) is 40.7 Å². The number of phenols is 1. The van der Waals surface area contributed by atoms with E-state index in [-0.39, 0.29) is 28.8 Å². The number of nitrogens with zero attached hydrogens (tertiary/aromatic N) is 1. The predicted molar refractivity (Wildman–Crippen MR) is 132 cm³/mol. The second-order valence-corrected chi connectivity index (χ2v) is 8.92. The molecule has 2 rings (SSSR count). The van der Waals surface area contributed by atoms with Gasteiger partial charge in [-0.05, 0) is 67.2 Å². The van der Waals surface area contributed by atoms with Crippen molar-refractivity contribution in [2.75, 3.05) is 18.4 Å². The molecule has 0 saturated carbocycles. The van der Waals surface area contributed by atoms with E-state index < -0.39 is 15.9 Å². The molecule has 0 fully saturated rings. The third-order valence-electron chi connectivity index (χ3n) is 4.18. The lowest BCUT2D eigenvalue weighted by Crippen LogP contribution is -2.33. The highest BCUT2D eigenvalue weighted by Gasteiger charge is 2.22. The Hall–Kier alpha value is -3.27. The Balaban J connectivity index is 1.98. The number of nitrogens with one attached hydrogen (secondary N) is 2. The molecular formula is C23H25N3O4S2. The summed E-state index contributed by atoms with van der Waals surface area (Å²) in [5.41, 5.74) is 1.27. The van der Waals surface area contributed by atoms with Gasteiger partial charge in [-0.1, -0.05) is 30.4 Å². The third kappa shape index (κ3) is 7.45. The monoisotopic (exact) mass is 471 g/mol. The number of hydrogen-bond donors (Lipinski definition) is 3. The molecule has 0 radical (unpaired) electrons. The first-order valence-electron chi connectivity index (χ1n) is 9.67. The Labute approximate surface area is 193 Å². The van der Waals surface area contributed by atoms with Crippen LogP contribution in [0.5, 0.6) is 5.75 Å². The zero-order valence-electron chi connectivity index (χ0n) is 17.6. The average molecular weight is 472 g/mol. The number of allylic oxidation sites excluding steroid dienone is 1. The van der Waals surface area contributed by atoms with E-state index in [0.717, 1.165) is 5.56 Å². The van der Waals surface area contributed by atoms with Crippen molar-refractivity contribution in [3.8, 4) is 5.75 Å². The lowest BCUT2D eigenvalue weighted by Gasteiger charge is -2.19. The molecule has 0 aliphatic carbocycles. The molecule has 7 nitrogen and oxygen atoms in total. The number of anilines is 1. The van der Waals surface area contributed by atoms with Crippen molar-refractivity contribution in [1.29, 1.82) is 0 Å². The minimum atomic E-state index is -3.68. The van der Waals surface area contributed by atoms with Crippen LogP contribution >= 0.6 is 12.2 Å². The van der Waals surface area contributed by atoms with Gasteiger partial charge >= 0.3 is 0 Å². The van der Waals surface area contributed by atoms with Gasteiger partial charge in [0.15, 0.2) is 5.11 Å². The number of rotatable bonds is 9. The fourth-order valence-corrected chi connectivity index (χ4v) is 4.15. The molecule has 0 aliphatic rings. The van der Waals surface area contributed by atoms with E-state index >= 15 is 0 Å². The summed E-state index contributed by atoms with van der Waals surface area (Å²) in [7, 11) is -3.68. The minimum absolute atomic E-state index is 0.0716. The van der Waals surface area contributed by atoms with Crippen molar-refractivity contribution in [1.82, 2.24) is 9.62 Å². The van der Waals surface area contributed by atoms with Crippen LogP contribution in [0, 0.1) is 0 Å². The number of carbonyl (C=O) groups excluding carboxylic acids is 1. The Bertz CT molecular complexity index is 1110. The summed E-state index contributed by atoms with van der Waals surface area (Å²) in [4.78, 5) is 12.2. The number of phenolic OH excluding ortho intramolecular Hbond substituents is 1. The van der Waals surface area contributed by atoms with Gasteiger partial charge in [0.25, 0.3) is 0 Å². The van der Waals surface area contributed by atoms with E-state index in [0.29, 0.717) is 5.69 Å². The second kappa shape index (κ2) is 11.9. The van der Waals surface area contributed by atoms with Gasteiger partial charge in [-0.15, -0.1) is 6.58 Å². The molecule has 168 valence electrons. The second-order valence-electron chi connectivity index (χ2n) is 6.57. The highest BCUT2D eigenvalue weighted by atomic mass is 32.2. The number of amides is 1. The van der Waals surface area contributed by atoms with Crippen LogP contribution in [-0.2, 0) is 14.8 Å². The molecule has 0 unspecified atom stereocenters. The van der Waals surface area contributed by atoms with Crippen LogP contribution in [0.4, 0.5) is 5.69 Å². The van der Waals surface area contributed by atoms with Gasteiger partial charge in [0.2, 0.25) is 15.9 Å². The van der Waals surface area contributed by atoms with E-state index in [2.05, 4.69) is 17.2 Å². The van der Waals surface area contributed by atoms with Crippen LogP contribution in [0.1, 0.15) is 12.5 Å². The van der Waals surface area contributed by atoms with Gasteiger partial charge in [0, 0.05) is 24.9 Å². The summed E-state index contributed by atoms with van der Waals surface area (Å²) in [6, 6.07) is 12.4. The third-order valence-corrected chi connectivity index (χ3v) is 6.23. The summed E-state index contributed by atoms with van der Waals surface area (Å²) in [5, 5.41) is 14.7. The van der Waals surface area contributed by atoms with E-state index in [9.17, 15) is 18.3 Å². The number of benzene rings is 2. The van der Waals surface area contributed by atoms with Crippen molar-refractivity contribution in [3.05, 3.63) is 85.0 Å². The summed E-state index contributed by atoms with van der Waals surface area (Å²) in [5.74, 6) is -0.291. The van der Waals surface area contributed by atoms with Crippen molar-refractivity contribution in [2.24, 2.45) is 0 Å². The van der Waals surface area contributed by atoms with Crippen LogP contribution in [-0.4, -0.2) is 41.9 Å². The normalized spacial score (nSPS) is 11.7. The van der Waals surface area contributed by atoms with Gasteiger partial charge in [0.05, 0.1) is 4.90 Å². The number of carbonyl (C=O) groups is 1. The SMILES string of the molecule is C=CCN(CC=CC)S(=O)(=O)c1ccc(NC(=S)NC(=O)/C=C/c2ccc(O)cc2)cc1. The van der Waals surface area contributed by atoms with Gasteiger partial charge in [-0.2, -0.15) is 4.31 Å². The molecule has 0 saturated heterocycles. The summed E-state index contributed by atoms with van der Waals surface area (Å²) < 4.78 is 27.0. The maximum atomic E-state index is 12.8. The number of thiocarbonyl (C=S) groups is 1. The van der Waals surface area contributed by atoms with Crippen molar-refractivity contribution < 1.29 is 18.3 Å². The zero-order chi connectivity index (χ0) is 23.6. The first-order chi connectivity index (χ1) is 15.3. The number of sulfonamides is 1. The maximum Gasteiger partial charge on any atom is 0.250 e. The van der Waals surface area contributed by atoms with Crippen LogP contribution in [0.3, 0.4) is 0 Å². The highest BCUT2D eigenvalue weighted by Crippen LogP contribution is 2.18. The standard InChI is InChI=1S/C23H25N3O4S2/c1-3-5-17-26(16-4-2)32(29,30)21-13-9-19(10-14-21)24-23(31)25-22(28)15-8-18-6-11-20(27)12-7-18/h3-15,27H,2,16-17H2,1H3,(H2,24,25,28,31)/b5-3?,15-8+. The van der Waals surface area contributed by atoms with E-state index in [1.807, 2.05) is 6.92 Å². The Morgan fingerprint density at radius 1 is 1.12 bits per heavy atom. The molecule has 0 spiro atoms. The van der Waals surface area contributed by atoms with Crippen molar-refractivity contribution in [3.63, 3.8) is 0 Å². The molecule has 3 N–H and O–H groups in total. The van der Waals surface area contributed by atoms with E-state index in [1.54, 1.807) is 42.5 Å². The Kier molecular flexibility index (Phi) is 9.33. The molecule has 2 aromatic carbocycles. The fraction of sp³-hybridized carbons (Fsp3) is 0.130. The fourth-order valence-electron chi connectivity index (χ4n) is 2.57. The van der Waals surface area contributed by atoms with Gasteiger partial charge in [0.1, 0.15) is 5.75 Å². The average Bonchev–Trinajstić information content (AvgIpc) is 2.76. The molecule has 0 aromatic heterocycles. The molecule has 32 heavy (non-hydrogen) atoms. The first kappa shape index (κ1) is 25.0. The molecule has 0 aliphatic heterocycles. The molecule has 9 heteroatoms. The molecule has 0 bridgehead atoms. The van der Waals surface area contributed by atoms with Crippen LogP contribution in [0.2, 0.25) is 0 Å². The number of aromatic hydroxyl groups is 1. The van der Waals surface area contributed by atoms with Gasteiger partial charge in [-0.25, -0.2) is 8.42 Å². The van der Waals surface area contributed by atoms with E-state index in [4.69, 9.17) is 12.2 Å². The van der Waals surface area contributed by atoms with Gasteiger partial charge in [-0.3, -0.25) is 10.1 Å². The Morgan fingerprint density at radius 2 is 1.78 bits per heavy atom. The quantitative estimate of drug-likeness (QED) is 0.293. The minimum Gasteiger partial charge on any atom is -0.508 e. The Morgan fingerprint density at radius 3 is 2.38 bits per heavy atom. The smallest absolute Gasteiger partial charge is 0.250 e. The summed E-state index contributed by atoms with van der Waals surface area (Å²) in [6.07, 6.45) is 7.98. The highest BCUT2D eigenvalue weighted by molar-refractivity contribution is 7.89. The van der Waals surface area contributed by atoms with Crippen LogP contribution in [0.25, 0.3) is 6.08 Å². The lowest BCUT2D eigenvalue weighted by molar-refractivity contribution is -0.115. The zero-order valence-corrected chi connectivity index (χ0v) is 19.2. The predicted octanol–water partition coefficient (Wildman–Crippen LogP) is 3.67. The van der Waals surface area contributed by atoms with Crippen molar-refractivity contribution >= 4 is 45.0 Å². The molecule has 0 heterocycles. The maximum absolute atomic E-state index is 12.8. The molecule has 2 aromatic rings. The summed E-state index contributed by atoms with van der Waals surface area (Å²) >= 11 is 5.14. The van der Waals surface area contributed by atoms with Crippen molar-refractivity contribution in [2.45, 2.75) is 11.8 Å². The summed E-state index contributed by atoms with van der Waals surface area (Å²) in [6.45, 7) is 5.88. The van der Waals surface area contributed by atoms with Crippen LogP contribution < -0.4 is 10.6 Å². The first-order valence-corrected chi connectivity index (χ1v) is 11.5. The van der Waals surface area contributed by atoms with Crippen LogP contribution in [0.15, 0.2) is 84.3 Å². The molecule has 0 atom stereocenters. The lowest BCUT2D eigenvalue weighted by atomic mass is 10.2. The molecule has 1 amide bonds. The molecular weight excluding hydrogens is 446 g/mol. The topological polar surface area (TPSA) is 98.7 Å². The number of hydrogen-bond acceptors (Lipinski definition) is 5. The largest absolute Gasteiger partial charge is 0.508 e. The van der Waals surface area contributed by atoms with Gasteiger partial charge < -0.3 is 10.4 Å².